The van der Waals surface area contributed by atoms with Crippen LogP contribution in [-0.2, 0) is 33.2 Å². The van der Waals surface area contributed by atoms with Crippen molar-refractivity contribution in [2.75, 3.05) is 7.05 Å². The summed E-state index contributed by atoms with van der Waals surface area (Å²) in [5.41, 5.74) is 1.90. The molecule has 0 spiro atoms. The second-order valence-corrected chi connectivity index (χ2v) is 12.1. The number of benzene rings is 1. The van der Waals surface area contributed by atoms with Crippen LogP contribution >= 0.6 is 0 Å². The number of imidazole rings is 1. The second kappa shape index (κ2) is 9.17. The van der Waals surface area contributed by atoms with Crippen LogP contribution in [0.1, 0.15) is 57.8 Å². The Balaban J connectivity index is 1.69. The minimum Gasteiger partial charge on any atom is -0.359 e. The molecule has 0 bridgehead atoms. The smallest absolute Gasteiger partial charge is 0.267 e. The lowest BCUT2D eigenvalue weighted by molar-refractivity contribution is -0.119. The third-order valence-electron chi connectivity index (χ3n) is 6.56. The van der Waals surface area contributed by atoms with Gasteiger partial charge in [-0.1, -0.05) is 20.8 Å². The van der Waals surface area contributed by atoms with E-state index in [9.17, 15) is 17.6 Å². The molecule has 1 saturated carbocycles. The van der Waals surface area contributed by atoms with Crippen molar-refractivity contribution in [2.45, 2.75) is 75.9 Å². The average molecular weight is 489 g/mol. The molecular formula is C25H33FN4O3S. The first-order chi connectivity index (χ1) is 16.0. The number of aromatic nitrogens is 3. The van der Waals surface area contributed by atoms with E-state index < -0.39 is 16.2 Å². The van der Waals surface area contributed by atoms with E-state index in [1.807, 2.05) is 6.07 Å². The fourth-order valence-corrected chi connectivity index (χ4v) is 5.90. The number of halogens is 1. The average Bonchev–Trinajstić information content (AvgIpc) is 3.40. The number of amides is 1. The van der Waals surface area contributed by atoms with E-state index in [1.54, 1.807) is 25.2 Å². The van der Waals surface area contributed by atoms with E-state index in [2.05, 4.69) is 30.7 Å². The summed E-state index contributed by atoms with van der Waals surface area (Å²) in [5, 5.41) is 2.54. The quantitative estimate of drug-likeness (QED) is 0.564. The van der Waals surface area contributed by atoms with Gasteiger partial charge in [0.2, 0.25) is 5.91 Å². The zero-order valence-electron chi connectivity index (χ0n) is 20.2. The number of carbonyl (C=O) groups is 1. The van der Waals surface area contributed by atoms with Gasteiger partial charge in [-0.05, 0) is 61.4 Å². The van der Waals surface area contributed by atoms with Gasteiger partial charge in [0.1, 0.15) is 12.0 Å². The number of nitrogens with one attached hydrogen (secondary N) is 1. The van der Waals surface area contributed by atoms with Crippen molar-refractivity contribution in [3.05, 3.63) is 48.0 Å². The van der Waals surface area contributed by atoms with E-state index >= 15 is 0 Å². The molecule has 9 heteroatoms. The number of fused-ring (bicyclic) bond motifs is 1. The molecule has 1 fully saturated rings. The lowest BCUT2D eigenvalue weighted by Gasteiger charge is -2.27. The molecule has 1 amide bonds. The van der Waals surface area contributed by atoms with E-state index in [4.69, 9.17) is 4.98 Å². The van der Waals surface area contributed by atoms with Crippen LogP contribution in [0, 0.1) is 5.92 Å². The van der Waals surface area contributed by atoms with Gasteiger partial charge in [-0.2, -0.15) is 0 Å². The molecule has 184 valence electrons. The van der Waals surface area contributed by atoms with Gasteiger partial charge < -0.3 is 9.88 Å². The van der Waals surface area contributed by atoms with Gasteiger partial charge in [-0.15, -0.1) is 0 Å². The van der Waals surface area contributed by atoms with Crippen LogP contribution < -0.4 is 5.32 Å². The Morgan fingerprint density at radius 2 is 1.88 bits per heavy atom. The number of hydrogen-bond donors (Lipinski definition) is 1. The highest BCUT2D eigenvalue weighted by Gasteiger charge is 2.28. The van der Waals surface area contributed by atoms with Gasteiger partial charge >= 0.3 is 0 Å². The third-order valence-corrected chi connectivity index (χ3v) is 8.19. The Bertz CT molecular complexity index is 1300. The molecule has 1 aliphatic carbocycles. The molecule has 34 heavy (non-hydrogen) atoms. The standard InChI is InChI=1S/C25H33FN4O3S/c1-25(2,3)24-28-21-14-20(34(32,33)29-12-11-18(15-29)13-23(31)27-4)9-10-22(21)30(24)16-17-5-7-19(26)8-6-17/h9-12,14-15,17,19H,5-8,13,16H2,1-4H3,(H,27,31). The normalized spacial score (nSPS) is 19.4. The molecule has 1 aliphatic rings. The highest BCUT2D eigenvalue weighted by atomic mass is 32.2. The maximum Gasteiger partial charge on any atom is 0.267 e. The monoisotopic (exact) mass is 488 g/mol. The number of carbonyl (C=O) groups excluding carboxylic acids is 1. The van der Waals surface area contributed by atoms with Crippen LogP contribution in [0.25, 0.3) is 11.0 Å². The summed E-state index contributed by atoms with van der Waals surface area (Å²) in [7, 11) is -2.29. The number of likely N-dealkylation sites (N-methyl/N-ethyl adjacent to an activating group) is 1. The fraction of sp³-hybridized carbons (Fsp3) is 0.520. The summed E-state index contributed by atoms with van der Waals surface area (Å²) >= 11 is 0. The molecule has 0 radical (unpaired) electrons. The number of alkyl halides is 1. The summed E-state index contributed by atoms with van der Waals surface area (Å²) in [6.45, 7) is 7.03. The molecule has 2 heterocycles. The Hall–Kier alpha value is -2.68. The van der Waals surface area contributed by atoms with E-state index in [1.165, 1.54) is 12.4 Å². The minimum atomic E-state index is -3.83. The summed E-state index contributed by atoms with van der Waals surface area (Å²) in [4.78, 5) is 16.6. The molecule has 0 aliphatic heterocycles. The fourth-order valence-electron chi connectivity index (χ4n) is 4.66. The Kier molecular flexibility index (Phi) is 6.59. The van der Waals surface area contributed by atoms with Crippen LogP contribution in [0.5, 0.6) is 0 Å². The van der Waals surface area contributed by atoms with Crippen molar-refractivity contribution in [1.29, 1.82) is 0 Å². The lowest BCUT2D eigenvalue weighted by Crippen LogP contribution is -2.24. The van der Waals surface area contributed by atoms with Gasteiger partial charge in [0, 0.05) is 31.4 Å². The topological polar surface area (TPSA) is 86.0 Å². The van der Waals surface area contributed by atoms with Crippen LogP contribution in [0.2, 0.25) is 0 Å². The summed E-state index contributed by atoms with van der Waals surface area (Å²) in [6.07, 6.45) is 5.24. The predicted octanol–water partition coefficient (Wildman–Crippen LogP) is 4.19. The van der Waals surface area contributed by atoms with Crippen molar-refractivity contribution < 1.29 is 17.6 Å². The Labute approximate surface area is 200 Å². The largest absolute Gasteiger partial charge is 0.359 e. The summed E-state index contributed by atoms with van der Waals surface area (Å²) < 4.78 is 43.5. The Morgan fingerprint density at radius 1 is 1.18 bits per heavy atom. The van der Waals surface area contributed by atoms with E-state index in [0.29, 0.717) is 29.8 Å². The van der Waals surface area contributed by atoms with Gasteiger partial charge in [-0.3, -0.25) is 4.79 Å². The van der Waals surface area contributed by atoms with Gasteiger partial charge in [0.25, 0.3) is 10.0 Å². The SMILES string of the molecule is CNC(=O)Cc1ccn(S(=O)(=O)c2ccc3c(c2)nc(C(C)(C)C)n3CC2CCC(F)CC2)c1. The van der Waals surface area contributed by atoms with Crippen molar-refractivity contribution in [2.24, 2.45) is 5.92 Å². The molecule has 1 aromatic carbocycles. The van der Waals surface area contributed by atoms with Crippen molar-refractivity contribution in [3.63, 3.8) is 0 Å². The van der Waals surface area contributed by atoms with Crippen molar-refractivity contribution >= 4 is 27.0 Å². The highest BCUT2D eigenvalue weighted by molar-refractivity contribution is 7.90. The molecule has 0 saturated heterocycles. The molecule has 1 N–H and O–H groups in total. The van der Waals surface area contributed by atoms with Crippen molar-refractivity contribution in [3.8, 4) is 0 Å². The summed E-state index contributed by atoms with van der Waals surface area (Å²) in [6, 6.07) is 6.68. The first-order valence-corrected chi connectivity index (χ1v) is 13.2. The minimum absolute atomic E-state index is 0.113. The van der Waals surface area contributed by atoms with Gasteiger partial charge in [0.05, 0.1) is 22.3 Å². The van der Waals surface area contributed by atoms with Crippen LogP contribution in [-0.4, -0.2) is 41.1 Å². The van der Waals surface area contributed by atoms with E-state index in [0.717, 1.165) is 34.7 Å². The maximum absolute atomic E-state index is 13.6. The maximum atomic E-state index is 13.6. The summed E-state index contributed by atoms with van der Waals surface area (Å²) in [5.74, 6) is 1.09. The van der Waals surface area contributed by atoms with Crippen LogP contribution in [0.15, 0.2) is 41.6 Å². The van der Waals surface area contributed by atoms with Crippen LogP contribution in [0.3, 0.4) is 0 Å². The molecule has 0 atom stereocenters. The number of hydrogen-bond acceptors (Lipinski definition) is 4. The second-order valence-electron chi connectivity index (χ2n) is 10.3. The molecule has 3 aromatic rings. The van der Waals surface area contributed by atoms with Gasteiger partial charge in [-0.25, -0.2) is 21.8 Å². The predicted molar refractivity (Wildman–Crippen MR) is 130 cm³/mol. The first-order valence-electron chi connectivity index (χ1n) is 11.8. The van der Waals surface area contributed by atoms with Crippen LogP contribution in [0.4, 0.5) is 4.39 Å². The van der Waals surface area contributed by atoms with E-state index in [-0.39, 0.29) is 22.6 Å². The zero-order chi connectivity index (χ0) is 24.7. The Morgan fingerprint density at radius 3 is 2.53 bits per heavy atom. The zero-order valence-corrected chi connectivity index (χ0v) is 21.0. The highest BCUT2D eigenvalue weighted by Crippen LogP contribution is 2.33. The molecule has 2 aromatic heterocycles. The van der Waals surface area contributed by atoms with Crippen molar-refractivity contribution in [1.82, 2.24) is 18.8 Å². The molecular weight excluding hydrogens is 455 g/mol. The number of rotatable bonds is 6. The third kappa shape index (κ3) is 4.89. The first kappa shape index (κ1) is 24.4. The number of nitrogens with zero attached hydrogens (tertiary/aromatic N) is 3. The lowest BCUT2D eigenvalue weighted by atomic mass is 9.87. The molecule has 4 rings (SSSR count). The molecule has 0 unspecified atom stereocenters. The molecule has 7 nitrogen and oxygen atoms in total. The van der Waals surface area contributed by atoms with Gasteiger partial charge in [0.15, 0.2) is 0 Å².